The standard InChI is InChI=1S/C21H25N3O4S2/c1-5-12-22-21(26)16-8-6-7-9-17(16)24-30(27,28)15-10-11-19(29-4)18(13-15)23-20(25)14(2)3/h5-11,13-14,24H,1,12H2,2-4H3,(H,22,26)(H,23,25). The molecule has 0 unspecified atom stereocenters. The molecule has 2 rings (SSSR count). The molecule has 0 aromatic heterocycles. The molecule has 0 saturated carbocycles. The van der Waals surface area contributed by atoms with Crippen LogP contribution in [-0.4, -0.2) is 33.0 Å². The Labute approximate surface area is 181 Å². The second kappa shape index (κ2) is 10.3. The minimum absolute atomic E-state index is 0.0272. The summed E-state index contributed by atoms with van der Waals surface area (Å²) in [6.45, 7) is 7.31. The number of rotatable bonds is 9. The Bertz CT molecular complexity index is 1050. The van der Waals surface area contributed by atoms with Crippen molar-refractivity contribution < 1.29 is 18.0 Å². The van der Waals surface area contributed by atoms with Gasteiger partial charge in [-0.2, -0.15) is 0 Å². The number of amides is 2. The number of nitrogens with one attached hydrogen (secondary N) is 3. The van der Waals surface area contributed by atoms with E-state index in [0.717, 1.165) is 4.90 Å². The summed E-state index contributed by atoms with van der Waals surface area (Å²) in [6, 6.07) is 10.8. The van der Waals surface area contributed by atoms with E-state index in [1.165, 1.54) is 42.1 Å². The van der Waals surface area contributed by atoms with Crippen molar-refractivity contribution in [1.82, 2.24) is 5.32 Å². The van der Waals surface area contributed by atoms with Crippen LogP contribution < -0.4 is 15.4 Å². The maximum atomic E-state index is 13.0. The Morgan fingerprint density at radius 1 is 1.13 bits per heavy atom. The first-order valence-corrected chi connectivity index (χ1v) is 11.9. The largest absolute Gasteiger partial charge is 0.349 e. The summed E-state index contributed by atoms with van der Waals surface area (Å²) < 4.78 is 28.4. The highest BCUT2D eigenvalue weighted by molar-refractivity contribution is 7.98. The number of hydrogen-bond donors (Lipinski definition) is 3. The summed E-state index contributed by atoms with van der Waals surface area (Å²) in [6.07, 6.45) is 3.37. The third-order valence-electron chi connectivity index (χ3n) is 4.09. The first-order valence-electron chi connectivity index (χ1n) is 9.19. The quantitative estimate of drug-likeness (QED) is 0.401. The number of anilines is 2. The van der Waals surface area contributed by atoms with Crippen LogP contribution in [0.5, 0.6) is 0 Å². The van der Waals surface area contributed by atoms with E-state index in [0.29, 0.717) is 5.69 Å². The number of para-hydroxylation sites is 1. The number of carbonyl (C=O) groups is 2. The van der Waals surface area contributed by atoms with E-state index in [1.807, 2.05) is 6.26 Å². The minimum atomic E-state index is -4.00. The van der Waals surface area contributed by atoms with Crippen LogP contribution in [0.2, 0.25) is 0 Å². The van der Waals surface area contributed by atoms with Crippen LogP contribution in [0.1, 0.15) is 24.2 Å². The molecule has 0 saturated heterocycles. The van der Waals surface area contributed by atoms with Gasteiger partial charge >= 0.3 is 0 Å². The van der Waals surface area contributed by atoms with Gasteiger partial charge in [0.2, 0.25) is 5.91 Å². The normalized spacial score (nSPS) is 11.1. The molecule has 0 fully saturated rings. The summed E-state index contributed by atoms with van der Waals surface area (Å²) in [7, 11) is -4.00. The number of carbonyl (C=O) groups excluding carboxylic acids is 2. The van der Waals surface area contributed by atoms with E-state index in [4.69, 9.17) is 0 Å². The van der Waals surface area contributed by atoms with Crippen LogP contribution in [0.15, 0.2) is 64.9 Å². The molecular weight excluding hydrogens is 422 g/mol. The van der Waals surface area contributed by atoms with Crippen molar-refractivity contribution in [1.29, 1.82) is 0 Å². The molecule has 7 nitrogen and oxygen atoms in total. The Kier molecular flexibility index (Phi) is 8.08. The second-order valence-corrected chi connectivity index (χ2v) is 9.19. The highest BCUT2D eigenvalue weighted by Gasteiger charge is 2.20. The molecule has 0 bridgehead atoms. The molecule has 0 heterocycles. The topological polar surface area (TPSA) is 104 Å². The average Bonchev–Trinajstić information content (AvgIpc) is 2.71. The Morgan fingerprint density at radius 3 is 2.47 bits per heavy atom. The summed E-state index contributed by atoms with van der Waals surface area (Å²) in [5.41, 5.74) is 0.763. The summed E-state index contributed by atoms with van der Waals surface area (Å²) in [5.74, 6) is -0.882. The summed E-state index contributed by atoms with van der Waals surface area (Å²) in [5, 5.41) is 5.39. The highest BCUT2D eigenvalue weighted by Crippen LogP contribution is 2.30. The molecule has 0 spiro atoms. The maximum Gasteiger partial charge on any atom is 0.261 e. The third-order valence-corrected chi connectivity index (χ3v) is 6.25. The number of hydrogen-bond acceptors (Lipinski definition) is 5. The maximum absolute atomic E-state index is 13.0. The van der Waals surface area contributed by atoms with Crippen molar-refractivity contribution in [3.05, 3.63) is 60.7 Å². The number of sulfonamides is 1. The zero-order valence-corrected chi connectivity index (χ0v) is 18.7. The van der Waals surface area contributed by atoms with E-state index < -0.39 is 15.9 Å². The predicted molar refractivity (Wildman–Crippen MR) is 121 cm³/mol. The van der Waals surface area contributed by atoms with Crippen molar-refractivity contribution in [3.63, 3.8) is 0 Å². The zero-order chi connectivity index (χ0) is 22.3. The lowest BCUT2D eigenvalue weighted by Crippen LogP contribution is -2.25. The van der Waals surface area contributed by atoms with Crippen molar-refractivity contribution in [2.75, 3.05) is 22.8 Å². The number of benzene rings is 2. The average molecular weight is 448 g/mol. The monoisotopic (exact) mass is 447 g/mol. The van der Waals surface area contributed by atoms with Crippen LogP contribution in [0.4, 0.5) is 11.4 Å². The first-order chi connectivity index (χ1) is 14.2. The molecule has 0 aliphatic rings. The molecule has 30 heavy (non-hydrogen) atoms. The molecule has 2 aromatic carbocycles. The lowest BCUT2D eigenvalue weighted by Gasteiger charge is -2.15. The van der Waals surface area contributed by atoms with Gasteiger partial charge in [0.25, 0.3) is 15.9 Å². The van der Waals surface area contributed by atoms with Gasteiger partial charge in [-0.3, -0.25) is 14.3 Å². The fourth-order valence-corrected chi connectivity index (χ4v) is 4.10. The van der Waals surface area contributed by atoms with E-state index in [2.05, 4.69) is 21.9 Å². The van der Waals surface area contributed by atoms with Gasteiger partial charge < -0.3 is 10.6 Å². The first kappa shape index (κ1) is 23.5. The van der Waals surface area contributed by atoms with Gasteiger partial charge in [0.15, 0.2) is 0 Å². The molecule has 2 amide bonds. The van der Waals surface area contributed by atoms with Crippen LogP contribution in [-0.2, 0) is 14.8 Å². The van der Waals surface area contributed by atoms with Crippen molar-refractivity contribution in [2.45, 2.75) is 23.6 Å². The molecular formula is C21H25N3O4S2. The van der Waals surface area contributed by atoms with E-state index in [1.54, 1.807) is 32.0 Å². The van der Waals surface area contributed by atoms with Crippen molar-refractivity contribution in [2.24, 2.45) is 5.92 Å². The van der Waals surface area contributed by atoms with E-state index in [-0.39, 0.29) is 34.5 Å². The van der Waals surface area contributed by atoms with Gasteiger partial charge in [0, 0.05) is 17.4 Å². The zero-order valence-electron chi connectivity index (χ0n) is 17.1. The van der Waals surface area contributed by atoms with E-state index in [9.17, 15) is 18.0 Å². The molecule has 0 radical (unpaired) electrons. The van der Waals surface area contributed by atoms with Gasteiger partial charge in [-0.25, -0.2) is 8.42 Å². The minimum Gasteiger partial charge on any atom is -0.349 e. The fourth-order valence-electron chi connectivity index (χ4n) is 2.46. The molecule has 0 atom stereocenters. The number of thioether (sulfide) groups is 1. The molecule has 0 aliphatic heterocycles. The van der Waals surface area contributed by atoms with Crippen LogP contribution in [0, 0.1) is 5.92 Å². The summed E-state index contributed by atoms with van der Waals surface area (Å²) >= 11 is 1.40. The Hall–Kier alpha value is -2.78. The van der Waals surface area contributed by atoms with Crippen molar-refractivity contribution in [3.8, 4) is 0 Å². The van der Waals surface area contributed by atoms with Gasteiger partial charge in [-0.15, -0.1) is 18.3 Å². The second-order valence-electron chi connectivity index (χ2n) is 6.66. The fraction of sp³-hybridized carbons (Fsp3) is 0.238. The lowest BCUT2D eigenvalue weighted by molar-refractivity contribution is -0.118. The van der Waals surface area contributed by atoms with Gasteiger partial charge in [0.05, 0.1) is 21.8 Å². The summed E-state index contributed by atoms with van der Waals surface area (Å²) in [4.78, 5) is 25.1. The van der Waals surface area contributed by atoms with Crippen molar-refractivity contribution >= 4 is 45.0 Å². The van der Waals surface area contributed by atoms with Gasteiger partial charge in [0.1, 0.15) is 0 Å². The predicted octanol–water partition coefficient (Wildman–Crippen LogP) is 3.72. The smallest absolute Gasteiger partial charge is 0.261 e. The lowest BCUT2D eigenvalue weighted by atomic mass is 10.1. The van der Waals surface area contributed by atoms with Crippen LogP contribution in [0.25, 0.3) is 0 Å². The van der Waals surface area contributed by atoms with E-state index >= 15 is 0 Å². The SMILES string of the molecule is C=CCNC(=O)c1ccccc1NS(=O)(=O)c1ccc(SC)c(NC(=O)C(C)C)c1. The van der Waals surface area contributed by atoms with Crippen LogP contribution in [0.3, 0.4) is 0 Å². The molecule has 160 valence electrons. The van der Waals surface area contributed by atoms with Gasteiger partial charge in [-0.05, 0) is 36.6 Å². The Balaban J connectivity index is 2.38. The Morgan fingerprint density at radius 2 is 1.83 bits per heavy atom. The highest BCUT2D eigenvalue weighted by atomic mass is 32.2. The molecule has 2 aromatic rings. The molecule has 9 heteroatoms. The van der Waals surface area contributed by atoms with Crippen LogP contribution >= 0.6 is 11.8 Å². The van der Waals surface area contributed by atoms with Gasteiger partial charge in [-0.1, -0.05) is 32.1 Å². The molecule has 0 aliphatic carbocycles. The molecule has 3 N–H and O–H groups in total. The third kappa shape index (κ3) is 5.87.